The van der Waals surface area contributed by atoms with Crippen LogP contribution in [0.3, 0.4) is 0 Å². The average molecular weight is 350 g/mol. The Labute approximate surface area is 150 Å². The molecule has 0 fully saturated rings. The van der Waals surface area contributed by atoms with Crippen LogP contribution in [0.4, 0.5) is 5.82 Å². The summed E-state index contributed by atoms with van der Waals surface area (Å²) >= 11 is 0. The molecular formula is C19H18N4O3. The number of hydrogen-bond acceptors (Lipinski definition) is 5. The summed E-state index contributed by atoms with van der Waals surface area (Å²) in [6.07, 6.45) is 5.44. The number of hydrogen-bond donors (Lipinski definition) is 1. The highest BCUT2D eigenvalue weighted by atomic mass is 16.5. The van der Waals surface area contributed by atoms with E-state index in [2.05, 4.69) is 15.3 Å². The van der Waals surface area contributed by atoms with Crippen molar-refractivity contribution in [1.82, 2.24) is 14.5 Å². The number of methoxy groups -OCH3 is 2. The van der Waals surface area contributed by atoms with Gasteiger partial charge in [0, 0.05) is 30.2 Å². The van der Waals surface area contributed by atoms with Gasteiger partial charge in [-0.3, -0.25) is 14.3 Å². The minimum absolute atomic E-state index is 0.0639. The van der Waals surface area contributed by atoms with E-state index in [0.29, 0.717) is 23.7 Å². The van der Waals surface area contributed by atoms with E-state index in [1.165, 1.54) is 0 Å². The number of imidazole rings is 1. The van der Waals surface area contributed by atoms with Crippen LogP contribution in [0, 0.1) is 0 Å². The van der Waals surface area contributed by atoms with E-state index in [4.69, 9.17) is 9.47 Å². The fraction of sp³-hybridized carbons (Fsp3) is 0.211. The van der Waals surface area contributed by atoms with Crippen LogP contribution in [0.25, 0.3) is 5.69 Å². The maximum Gasteiger partial charge on any atom is 0.226 e. The maximum atomic E-state index is 12.4. The summed E-state index contributed by atoms with van der Waals surface area (Å²) in [7, 11) is 3.21. The molecule has 7 nitrogen and oxygen atoms in total. The van der Waals surface area contributed by atoms with Crippen LogP contribution in [0.15, 0.2) is 49.1 Å². The molecule has 1 aromatic carbocycles. The van der Waals surface area contributed by atoms with Gasteiger partial charge in [-0.15, -0.1) is 0 Å². The summed E-state index contributed by atoms with van der Waals surface area (Å²) < 4.78 is 12.6. The summed E-state index contributed by atoms with van der Waals surface area (Å²) in [5.41, 5.74) is 2.54. The monoisotopic (exact) mass is 350 g/mol. The molecule has 26 heavy (non-hydrogen) atoms. The Kier molecular flexibility index (Phi) is 4.04. The molecule has 1 aliphatic rings. The van der Waals surface area contributed by atoms with Crippen molar-refractivity contribution in [2.24, 2.45) is 0 Å². The zero-order valence-electron chi connectivity index (χ0n) is 14.5. The third kappa shape index (κ3) is 2.67. The van der Waals surface area contributed by atoms with Gasteiger partial charge in [-0.05, 0) is 18.2 Å². The largest absolute Gasteiger partial charge is 0.497 e. The molecule has 1 aliphatic heterocycles. The van der Waals surface area contributed by atoms with E-state index in [1.54, 1.807) is 32.9 Å². The molecular weight excluding hydrogens is 332 g/mol. The van der Waals surface area contributed by atoms with Gasteiger partial charge in [-0.1, -0.05) is 6.07 Å². The normalized spacial score (nSPS) is 15.9. The second-order valence-corrected chi connectivity index (χ2v) is 5.97. The molecule has 0 saturated heterocycles. The van der Waals surface area contributed by atoms with Crippen molar-refractivity contribution in [3.05, 3.63) is 60.3 Å². The smallest absolute Gasteiger partial charge is 0.226 e. The van der Waals surface area contributed by atoms with Crippen LogP contribution in [0.1, 0.15) is 23.6 Å². The van der Waals surface area contributed by atoms with Crippen molar-refractivity contribution in [3.8, 4) is 17.2 Å². The van der Waals surface area contributed by atoms with Crippen LogP contribution in [0.5, 0.6) is 11.5 Å². The first-order valence-corrected chi connectivity index (χ1v) is 8.20. The average Bonchev–Trinajstić information content (AvgIpc) is 3.11. The van der Waals surface area contributed by atoms with Crippen molar-refractivity contribution in [1.29, 1.82) is 0 Å². The molecule has 0 bridgehead atoms. The zero-order valence-corrected chi connectivity index (χ0v) is 14.5. The van der Waals surface area contributed by atoms with Gasteiger partial charge in [0.25, 0.3) is 0 Å². The van der Waals surface area contributed by atoms with Crippen molar-refractivity contribution in [2.45, 2.75) is 12.3 Å². The van der Waals surface area contributed by atoms with Crippen molar-refractivity contribution in [2.75, 3.05) is 19.5 Å². The summed E-state index contributed by atoms with van der Waals surface area (Å²) in [6.45, 7) is 0. The van der Waals surface area contributed by atoms with E-state index in [-0.39, 0.29) is 11.8 Å². The van der Waals surface area contributed by atoms with Crippen LogP contribution in [0.2, 0.25) is 0 Å². The van der Waals surface area contributed by atoms with E-state index in [0.717, 1.165) is 16.9 Å². The molecule has 1 atom stereocenters. The standard InChI is InChI=1S/C19H18N4O3/c1-25-13-5-6-14(16(8-13)26-2)15-9-17(24)22-19-18(15)21-11-23(19)12-4-3-7-20-10-12/h3-8,10-11,15H,9H2,1-2H3,(H,22,24)/t15-/m1/s1. The van der Waals surface area contributed by atoms with E-state index in [9.17, 15) is 4.79 Å². The Morgan fingerprint density at radius 2 is 2.12 bits per heavy atom. The fourth-order valence-corrected chi connectivity index (χ4v) is 3.26. The predicted octanol–water partition coefficient (Wildman–Crippen LogP) is 2.76. The lowest BCUT2D eigenvalue weighted by Gasteiger charge is -2.24. The van der Waals surface area contributed by atoms with E-state index in [1.807, 2.05) is 34.9 Å². The Morgan fingerprint density at radius 1 is 1.23 bits per heavy atom. The maximum absolute atomic E-state index is 12.4. The van der Waals surface area contributed by atoms with Gasteiger partial charge in [-0.2, -0.15) is 0 Å². The lowest BCUT2D eigenvalue weighted by Crippen LogP contribution is -2.25. The molecule has 0 aliphatic carbocycles. The Hall–Kier alpha value is -3.35. The molecule has 3 aromatic rings. The molecule has 1 N–H and O–H groups in total. The third-order valence-electron chi connectivity index (χ3n) is 4.51. The van der Waals surface area contributed by atoms with Gasteiger partial charge in [0.15, 0.2) is 0 Å². The Balaban J connectivity index is 1.82. The third-order valence-corrected chi connectivity index (χ3v) is 4.51. The van der Waals surface area contributed by atoms with Crippen molar-refractivity contribution < 1.29 is 14.3 Å². The highest BCUT2D eigenvalue weighted by Crippen LogP contribution is 2.41. The second kappa shape index (κ2) is 6.51. The number of ether oxygens (including phenoxy) is 2. The number of amides is 1. The van der Waals surface area contributed by atoms with Gasteiger partial charge in [0.1, 0.15) is 23.6 Å². The second-order valence-electron chi connectivity index (χ2n) is 5.97. The topological polar surface area (TPSA) is 78.3 Å². The van der Waals surface area contributed by atoms with Crippen LogP contribution >= 0.6 is 0 Å². The SMILES string of the molecule is COc1ccc([C@H]2CC(=O)Nc3c2ncn3-c2cccnc2)c(OC)c1. The number of aromatic nitrogens is 3. The number of nitrogens with one attached hydrogen (secondary N) is 1. The number of rotatable bonds is 4. The first kappa shape index (κ1) is 16.1. The molecule has 0 radical (unpaired) electrons. The fourth-order valence-electron chi connectivity index (χ4n) is 3.26. The predicted molar refractivity (Wildman–Crippen MR) is 96.0 cm³/mol. The number of carbonyl (C=O) groups is 1. The molecule has 132 valence electrons. The highest BCUT2D eigenvalue weighted by molar-refractivity contribution is 5.94. The molecule has 0 saturated carbocycles. The number of pyridine rings is 1. The first-order valence-electron chi connectivity index (χ1n) is 8.20. The number of fused-ring (bicyclic) bond motifs is 1. The Bertz CT molecular complexity index is 953. The zero-order chi connectivity index (χ0) is 18.1. The lowest BCUT2D eigenvalue weighted by molar-refractivity contribution is -0.116. The van der Waals surface area contributed by atoms with E-state index >= 15 is 0 Å². The summed E-state index contributed by atoms with van der Waals surface area (Å²) in [5, 5.41) is 2.93. The first-order chi connectivity index (χ1) is 12.7. The quantitative estimate of drug-likeness (QED) is 0.783. The number of anilines is 1. The van der Waals surface area contributed by atoms with E-state index < -0.39 is 0 Å². The molecule has 2 aromatic heterocycles. The minimum atomic E-state index is -0.197. The summed E-state index contributed by atoms with van der Waals surface area (Å²) in [5.74, 6) is 1.78. The summed E-state index contributed by atoms with van der Waals surface area (Å²) in [4.78, 5) is 21.1. The molecule has 7 heteroatoms. The molecule has 3 heterocycles. The molecule has 0 spiro atoms. The van der Waals surface area contributed by atoms with Crippen LogP contribution in [-0.4, -0.2) is 34.7 Å². The van der Waals surface area contributed by atoms with Crippen molar-refractivity contribution in [3.63, 3.8) is 0 Å². The number of carbonyl (C=O) groups excluding carboxylic acids is 1. The van der Waals surface area contributed by atoms with Gasteiger partial charge in [-0.25, -0.2) is 4.98 Å². The molecule has 4 rings (SSSR count). The van der Waals surface area contributed by atoms with Crippen LogP contribution < -0.4 is 14.8 Å². The lowest BCUT2D eigenvalue weighted by atomic mass is 9.89. The highest BCUT2D eigenvalue weighted by Gasteiger charge is 2.32. The van der Waals surface area contributed by atoms with Gasteiger partial charge >= 0.3 is 0 Å². The van der Waals surface area contributed by atoms with Crippen LogP contribution in [-0.2, 0) is 4.79 Å². The van der Waals surface area contributed by atoms with Gasteiger partial charge in [0.2, 0.25) is 5.91 Å². The van der Waals surface area contributed by atoms with Gasteiger partial charge < -0.3 is 14.8 Å². The molecule has 0 unspecified atom stereocenters. The van der Waals surface area contributed by atoms with Crippen molar-refractivity contribution >= 4 is 11.7 Å². The van der Waals surface area contributed by atoms with Gasteiger partial charge in [0.05, 0.1) is 31.8 Å². The minimum Gasteiger partial charge on any atom is -0.497 e. The molecule has 1 amide bonds. The number of nitrogens with zero attached hydrogens (tertiary/aromatic N) is 3. The summed E-state index contributed by atoms with van der Waals surface area (Å²) in [6, 6.07) is 9.37. The Morgan fingerprint density at radius 3 is 2.85 bits per heavy atom. The number of benzene rings is 1.